The quantitative estimate of drug-likeness (QED) is 0.265. The van der Waals surface area contributed by atoms with Gasteiger partial charge in [-0.2, -0.15) is 0 Å². The van der Waals surface area contributed by atoms with Crippen LogP contribution in [-0.2, 0) is 28.3 Å². The molecular weight excluding hydrogens is 535 g/mol. The van der Waals surface area contributed by atoms with Gasteiger partial charge in [0.2, 0.25) is 11.8 Å². The van der Waals surface area contributed by atoms with Crippen LogP contribution >= 0.6 is 35.0 Å². The first kappa shape index (κ1) is 28.5. The lowest BCUT2D eigenvalue weighted by atomic mass is 10.0. The first-order valence-electron chi connectivity index (χ1n) is 13.1. The molecule has 38 heavy (non-hydrogen) atoms. The summed E-state index contributed by atoms with van der Waals surface area (Å²) in [6.45, 7) is 2.33. The van der Waals surface area contributed by atoms with E-state index in [0.717, 1.165) is 42.6 Å². The summed E-state index contributed by atoms with van der Waals surface area (Å²) in [5.74, 6) is 0.829. The van der Waals surface area contributed by atoms with E-state index < -0.39 is 6.04 Å². The normalized spacial score (nSPS) is 14.3. The molecule has 0 unspecified atom stereocenters. The van der Waals surface area contributed by atoms with Gasteiger partial charge in [-0.15, -0.1) is 11.8 Å². The average molecular weight is 570 g/mol. The number of thioether (sulfide) groups is 1. The lowest BCUT2D eigenvalue weighted by molar-refractivity contribution is -0.139. The van der Waals surface area contributed by atoms with Gasteiger partial charge in [-0.25, -0.2) is 0 Å². The van der Waals surface area contributed by atoms with Crippen molar-refractivity contribution < 1.29 is 9.59 Å². The number of rotatable bonds is 11. The fourth-order valence-electron chi connectivity index (χ4n) is 4.78. The molecule has 0 aliphatic heterocycles. The molecular formula is C31H34Cl2N2O2S. The van der Waals surface area contributed by atoms with Crippen molar-refractivity contribution in [3.8, 4) is 0 Å². The number of nitrogens with one attached hydrogen (secondary N) is 1. The Bertz CT molecular complexity index is 1210. The Labute approximate surface area is 240 Å². The minimum atomic E-state index is -0.639. The van der Waals surface area contributed by atoms with Crippen LogP contribution in [0, 0.1) is 6.92 Å². The summed E-state index contributed by atoms with van der Waals surface area (Å²) in [7, 11) is 0. The van der Waals surface area contributed by atoms with Crippen LogP contribution in [0.2, 0.25) is 10.0 Å². The van der Waals surface area contributed by atoms with Gasteiger partial charge in [0.05, 0.1) is 15.8 Å². The van der Waals surface area contributed by atoms with Crippen molar-refractivity contribution in [2.45, 2.75) is 63.4 Å². The average Bonchev–Trinajstić information content (AvgIpc) is 3.43. The maximum atomic E-state index is 13.8. The summed E-state index contributed by atoms with van der Waals surface area (Å²) in [6, 6.07) is 23.1. The highest BCUT2D eigenvalue weighted by Gasteiger charge is 2.32. The van der Waals surface area contributed by atoms with E-state index in [4.69, 9.17) is 23.2 Å². The summed E-state index contributed by atoms with van der Waals surface area (Å²) >= 11 is 14.0. The number of benzene rings is 3. The first-order chi connectivity index (χ1) is 18.4. The van der Waals surface area contributed by atoms with Gasteiger partial charge in [-0.05, 0) is 48.6 Å². The van der Waals surface area contributed by atoms with Crippen molar-refractivity contribution >= 4 is 46.8 Å². The molecule has 7 heteroatoms. The van der Waals surface area contributed by atoms with Crippen molar-refractivity contribution in [1.82, 2.24) is 10.2 Å². The second-order valence-corrected chi connectivity index (χ2v) is 11.7. The smallest absolute Gasteiger partial charge is 0.243 e. The molecule has 0 bridgehead atoms. The second-order valence-electron chi connectivity index (χ2n) is 9.94. The van der Waals surface area contributed by atoms with E-state index in [0.29, 0.717) is 16.5 Å². The molecule has 1 fully saturated rings. The van der Waals surface area contributed by atoms with Gasteiger partial charge < -0.3 is 10.2 Å². The van der Waals surface area contributed by atoms with Gasteiger partial charge in [-0.3, -0.25) is 9.59 Å². The number of hydrogen-bond acceptors (Lipinski definition) is 3. The predicted octanol–water partition coefficient (Wildman–Crippen LogP) is 7.23. The maximum absolute atomic E-state index is 13.8. The van der Waals surface area contributed by atoms with E-state index in [9.17, 15) is 9.59 Å². The summed E-state index contributed by atoms with van der Waals surface area (Å²) in [4.78, 5) is 29.2. The van der Waals surface area contributed by atoms with E-state index in [1.54, 1.807) is 28.8 Å². The monoisotopic (exact) mass is 568 g/mol. The van der Waals surface area contributed by atoms with Crippen LogP contribution in [0.25, 0.3) is 0 Å². The SMILES string of the molecule is Cc1ccc(CSCC(=O)N(Cc2ccc(Cl)c(Cl)c2)[C@H](Cc2ccccc2)C(=O)NC2CCCC2)cc1. The van der Waals surface area contributed by atoms with E-state index in [1.807, 2.05) is 36.4 Å². The zero-order chi connectivity index (χ0) is 26.9. The van der Waals surface area contributed by atoms with Crippen LogP contribution in [-0.4, -0.2) is 34.6 Å². The molecule has 0 saturated heterocycles. The number of aryl methyl sites for hydroxylation is 1. The standard InChI is InChI=1S/C31H34Cl2N2O2S/c1-22-11-13-24(14-12-22)20-38-21-30(36)35(19-25-15-16-27(32)28(33)17-25)29(18-23-7-3-2-4-8-23)31(37)34-26-9-5-6-10-26/h2-4,7-8,11-17,26,29H,5-6,9-10,18-21H2,1H3,(H,34,37)/t29-/m1/s1. The molecule has 4 rings (SSSR count). The highest BCUT2D eigenvalue weighted by molar-refractivity contribution is 7.99. The fraction of sp³-hybridized carbons (Fsp3) is 0.355. The Kier molecular flexibility index (Phi) is 10.6. The molecule has 200 valence electrons. The van der Waals surface area contributed by atoms with Crippen molar-refractivity contribution in [1.29, 1.82) is 0 Å². The molecule has 1 N–H and O–H groups in total. The Hall–Kier alpha value is -2.47. The molecule has 1 aliphatic rings. The second kappa shape index (κ2) is 14.1. The summed E-state index contributed by atoms with van der Waals surface area (Å²) in [5, 5.41) is 4.13. The van der Waals surface area contributed by atoms with Crippen LogP contribution in [0.15, 0.2) is 72.8 Å². The fourth-order valence-corrected chi connectivity index (χ4v) is 5.97. The van der Waals surface area contributed by atoms with Crippen LogP contribution in [0.4, 0.5) is 0 Å². The first-order valence-corrected chi connectivity index (χ1v) is 15.0. The lowest BCUT2D eigenvalue weighted by Crippen LogP contribution is -2.52. The molecule has 2 amide bonds. The molecule has 1 atom stereocenters. The minimum Gasteiger partial charge on any atom is -0.352 e. The summed E-state index contributed by atoms with van der Waals surface area (Å²) in [5.41, 5.74) is 4.23. The van der Waals surface area contributed by atoms with Crippen molar-refractivity contribution in [2.75, 3.05) is 5.75 Å². The third kappa shape index (κ3) is 8.26. The molecule has 3 aromatic carbocycles. The number of nitrogens with zero attached hydrogens (tertiary/aromatic N) is 1. The van der Waals surface area contributed by atoms with Crippen LogP contribution in [0.3, 0.4) is 0 Å². The molecule has 1 aliphatic carbocycles. The molecule has 0 aromatic heterocycles. The Balaban J connectivity index is 1.57. The van der Waals surface area contributed by atoms with Gasteiger partial charge in [0.1, 0.15) is 6.04 Å². The Morgan fingerprint density at radius 2 is 1.61 bits per heavy atom. The largest absolute Gasteiger partial charge is 0.352 e. The molecule has 3 aromatic rings. The number of carbonyl (C=O) groups is 2. The van der Waals surface area contributed by atoms with E-state index in [1.165, 1.54) is 11.1 Å². The van der Waals surface area contributed by atoms with Gasteiger partial charge in [0, 0.05) is 24.8 Å². The molecule has 0 spiro atoms. The van der Waals surface area contributed by atoms with Gasteiger partial charge in [0.15, 0.2) is 0 Å². The lowest BCUT2D eigenvalue weighted by Gasteiger charge is -2.32. The predicted molar refractivity (Wildman–Crippen MR) is 159 cm³/mol. The third-order valence-corrected chi connectivity index (χ3v) is 8.65. The van der Waals surface area contributed by atoms with Crippen LogP contribution in [0.1, 0.15) is 47.9 Å². The highest BCUT2D eigenvalue weighted by atomic mass is 35.5. The Morgan fingerprint density at radius 3 is 2.29 bits per heavy atom. The zero-order valence-corrected chi connectivity index (χ0v) is 24.0. The number of halogens is 2. The highest BCUT2D eigenvalue weighted by Crippen LogP contribution is 2.25. The third-order valence-electron chi connectivity index (χ3n) is 6.92. The van der Waals surface area contributed by atoms with E-state index >= 15 is 0 Å². The molecule has 0 heterocycles. The topological polar surface area (TPSA) is 49.4 Å². The van der Waals surface area contributed by atoms with Gasteiger partial charge >= 0.3 is 0 Å². The summed E-state index contributed by atoms with van der Waals surface area (Å²) < 4.78 is 0. The van der Waals surface area contributed by atoms with E-state index in [-0.39, 0.29) is 30.2 Å². The molecule has 4 nitrogen and oxygen atoms in total. The number of carbonyl (C=O) groups excluding carboxylic acids is 2. The van der Waals surface area contributed by atoms with Crippen molar-refractivity contribution in [3.63, 3.8) is 0 Å². The van der Waals surface area contributed by atoms with E-state index in [2.05, 4.69) is 36.5 Å². The van der Waals surface area contributed by atoms with Crippen LogP contribution < -0.4 is 5.32 Å². The molecule has 1 saturated carbocycles. The van der Waals surface area contributed by atoms with Crippen molar-refractivity contribution in [2.24, 2.45) is 0 Å². The maximum Gasteiger partial charge on any atom is 0.243 e. The van der Waals surface area contributed by atoms with Crippen molar-refractivity contribution in [3.05, 3.63) is 105 Å². The van der Waals surface area contributed by atoms with Gasteiger partial charge in [0.25, 0.3) is 0 Å². The van der Waals surface area contributed by atoms with Gasteiger partial charge in [-0.1, -0.05) is 102 Å². The Morgan fingerprint density at radius 1 is 0.921 bits per heavy atom. The number of amides is 2. The minimum absolute atomic E-state index is 0.0734. The summed E-state index contributed by atoms with van der Waals surface area (Å²) in [6.07, 6.45) is 4.65. The number of hydrogen-bond donors (Lipinski definition) is 1. The molecule has 0 radical (unpaired) electrons. The van der Waals surface area contributed by atoms with Crippen LogP contribution in [0.5, 0.6) is 0 Å². The zero-order valence-electron chi connectivity index (χ0n) is 21.7.